The maximum Gasteiger partial charge on any atom is 0.228 e. The minimum absolute atomic E-state index is 0.0359. The van der Waals surface area contributed by atoms with Gasteiger partial charge in [0, 0.05) is 60.8 Å². The molecule has 1 N–H and O–H groups in total. The topological polar surface area (TPSA) is 69.3 Å². The van der Waals surface area contributed by atoms with Gasteiger partial charge in [-0.05, 0) is 18.2 Å². The summed E-state index contributed by atoms with van der Waals surface area (Å²) in [5.74, 6) is -0.135. The lowest BCUT2D eigenvalue weighted by molar-refractivity contribution is -0.136. The molecule has 2 aromatic heterocycles. The summed E-state index contributed by atoms with van der Waals surface area (Å²) in [7, 11) is 0. The van der Waals surface area contributed by atoms with Crippen LogP contribution in [0.15, 0.2) is 48.7 Å². The number of hydrogen-bond acceptors (Lipinski definition) is 3. The molecule has 2 amide bonds. The molecule has 142 valence electrons. The highest BCUT2D eigenvalue weighted by Crippen LogP contribution is 2.30. The van der Waals surface area contributed by atoms with Crippen molar-refractivity contribution in [1.29, 1.82) is 0 Å². The summed E-state index contributed by atoms with van der Waals surface area (Å²) in [5.41, 5.74) is 4.42. The molecule has 0 radical (unpaired) electrons. The van der Waals surface area contributed by atoms with Crippen LogP contribution < -0.4 is 0 Å². The van der Waals surface area contributed by atoms with Gasteiger partial charge in [0.2, 0.25) is 11.8 Å². The van der Waals surface area contributed by atoms with Gasteiger partial charge >= 0.3 is 0 Å². The van der Waals surface area contributed by atoms with Crippen molar-refractivity contribution in [3.05, 3.63) is 65.6 Å². The van der Waals surface area contributed by atoms with Crippen molar-refractivity contribution < 1.29 is 9.59 Å². The van der Waals surface area contributed by atoms with Crippen LogP contribution in [0.3, 0.4) is 0 Å². The highest BCUT2D eigenvalue weighted by Gasteiger charge is 2.37. The van der Waals surface area contributed by atoms with E-state index in [0.29, 0.717) is 32.6 Å². The average Bonchev–Trinajstić information content (AvgIpc) is 3.28. The second-order valence-electron chi connectivity index (χ2n) is 7.63. The molecule has 2 aliphatic heterocycles. The number of H-pyrrole nitrogens is 1. The summed E-state index contributed by atoms with van der Waals surface area (Å²) in [5, 5.41) is 1.19. The summed E-state index contributed by atoms with van der Waals surface area (Å²) in [6.45, 7) is 2.26. The molecule has 0 spiro atoms. The van der Waals surface area contributed by atoms with Crippen LogP contribution >= 0.6 is 0 Å². The number of para-hydroxylation sites is 1. The fourth-order valence-electron chi connectivity index (χ4n) is 4.39. The van der Waals surface area contributed by atoms with Gasteiger partial charge in [0.25, 0.3) is 0 Å². The van der Waals surface area contributed by atoms with E-state index >= 15 is 0 Å². The maximum absolute atomic E-state index is 13.1. The Morgan fingerprint density at radius 1 is 1.18 bits per heavy atom. The number of carbonyl (C=O) groups excluding carboxylic acids is 2. The highest BCUT2D eigenvalue weighted by atomic mass is 16.2. The van der Waals surface area contributed by atoms with Crippen molar-refractivity contribution in [1.82, 2.24) is 19.8 Å². The number of carbonyl (C=O) groups is 2. The van der Waals surface area contributed by atoms with E-state index in [0.717, 1.165) is 17.6 Å². The van der Waals surface area contributed by atoms with Crippen molar-refractivity contribution in [3.8, 4) is 0 Å². The molecule has 6 heteroatoms. The highest BCUT2D eigenvalue weighted by molar-refractivity contribution is 5.90. The zero-order chi connectivity index (χ0) is 19.1. The Hall–Kier alpha value is -3.15. The number of nitrogens with one attached hydrogen (secondary N) is 1. The molecule has 1 fully saturated rings. The number of hydrogen-bond donors (Lipinski definition) is 1. The molecule has 0 aliphatic carbocycles. The summed E-state index contributed by atoms with van der Waals surface area (Å²) in [6.07, 6.45) is 2.85. The number of amides is 2. The summed E-state index contributed by atoms with van der Waals surface area (Å²) >= 11 is 0. The van der Waals surface area contributed by atoms with Crippen molar-refractivity contribution in [3.63, 3.8) is 0 Å². The second-order valence-corrected chi connectivity index (χ2v) is 7.63. The SMILES string of the molecule is O=C1CC(C(=O)N2CCc3[nH]c4ccccc4c3C2)CN1Cc1ccccn1. The lowest BCUT2D eigenvalue weighted by atomic mass is 10.0. The second kappa shape index (κ2) is 6.78. The Morgan fingerprint density at radius 2 is 2.04 bits per heavy atom. The Balaban J connectivity index is 1.30. The molecule has 0 saturated carbocycles. The first kappa shape index (κ1) is 17.0. The van der Waals surface area contributed by atoms with Crippen molar-refractivity contribution in [2.45, 2.75) is 25.9 Å². The number of pyridine rings is 1. The predicted molar refractivity (Wildman–Crippen MR) is 105 cm³/mol. The van der Waals surface area contributed by atoms with Gasteiger partial charge in [-0.3, -0.25) is 14.6 Å². The molecule has 5 rings (SSSR count). The smallest absolute Gasteiger partial charge is 0.228 e. The number of benzene rings is 1. The Labute approximate surface area is 163 Å². The number of aromatic amines is 1. The maximum atomic E-state index is 13.1. The van der Waals surface area contributed by atoms with Crippen LogP contribution in [0.1, 0.15) is 23.4 Å². The van der Waals surface area contributed by atoms with Crippen molar-refractivity contribution in [2.75, 3.05) is 13.1 Å². The van der Waals surface area contributed by atoms with Gasteiger partial charge in [0.1, 0.15) is 0 Å². The van der Waals surface area contributed by atoms with Crippen LogP contribution in [0.2, 0.25) is 0 Å². The molecule has 1 unspecified atom stereocenters. The lowest BCUT2D eigenvalue weighted by Gasteiger charge is -2.29. The summed E-state index contributed by atoms with van der Waals surface area (Å²) in [4.78, 5) is 37.0. The fourth-order valence-corrected chi connectivity index (χ4v) is 4.39. The van der Waals surface area contributed by atoms with Gasteiger partial charge in [-0.25, -0.2) is 0 Å². The van der Waals surface area contributed by atoms with Crippen molar-refractivity contribution in [2.24, 2.45) is 5.92 Å². The van der Waals surface area contributed by atoms with E-state index in [1.807, 2.05) is 35.2 Å². The van der Waals surface area contributed by atoms with Gasteiger partial charge < -0.3 is 14.8 Å². The van der Waals surface area contributed by atoms with Crippen LogP contribution in [-0.2, 0) is 29.1 Å². The molecule has 3 aromatic rings. The summed E-state index contributed by atoms with van der Waals surface area (Å²) in [6, 6.07) is 13.9. The molecule has 1 atom stereocenters. The molecule has 28 heavy (non-hydrogen) atoms. The van der Waals surface area contributed by atoms with Crippen LogP contribution in [0.4, 0.5) is 0 Å². The lowest BCUT2D eigenvalue weighted by Crippen LogP contribution is -2.40. The number of nitrogens with zero attached hydrogens (tertiary/aromatic N) is 3. The van der Waals surface area contributed by atoms with Gasteiger partial charge in [-0.1, -0.05) is 24.3 Å². The average molecular weight is 374 g/mol. The number of fused-ring (bicyclic) bond motifs is 3. The molecule has 2 aliphatic rings. The zero-order valence-corrected chi connectivity index (χ0v) is 15.6. The number of rotatable bonds is 3. The first-order chi connectivity index (χ1) is 13.7. The first-order valence-electron chi connectivity index (χ1n) is 9.74. The van der Waals surface area contributed by atoms with Gasteiger partial charge in [0.05, 0.1) is 18.2 Å². The number of aromatic nitrogens is 2. The van der Waals surface area contributed by atoms with E-state index in [9.17, 15) is 9.59 Å². The van der Waals surface area contributed by atoms with Gasteiger partial charge in [0.15, 0.2) is 0 Å². The standard InChI is InChI=1S/C22H22N4O2/c27-21-11-15(12-26(21)13-16-5-3-4-9-23-16)22(28)25-10-8-20-18(14-25)17-6-1-2-7-19(17)24-20/h1-7,9,15,24H,8,10-14H2. The fraction of sp³-hybridized carbons (Fsp3) is 0.318. The van der Waals surface area contributed by atoms with Crippen LogP contribution in [0, 0.1) is 5.92 Å². The minimum atomic E-state index is -0.261. The quantitative estimate of drug-likeness (QED) is 0.766. The molecule has 1 aromatic carbocycles. The predicted octanol–water partition coefficient (Wildman–Crippen LogP) is 2.50. The zero-order valence-electron chi connectivity index (χ0n) is 15.6. The van der Waals surface area contributed by atoms with E-state index in [2.05, 4.69) is 22.1 Å². The summed E-state index contributed by atoms with van der Waals surface area (Å²) < 4.78 is 0. The van der Waals surface area contributed by atoms with E-state index in [-0.39, 0.29) is 17.7 Å². The Bertz CT molecular complexity index is 1040. The van der Waals surface area contributed by atoms with Crippen LogP contribution in [0.5, 0.6) is 0 Å². The van der Waals surface area contributed by atoms with E-state index in [1.165, 1.54) is 16.6 Å². The van der Waals surface area contributed by atoms with Gasteiger partial charge in [-0.2, -0.15) is 0 Å². The number of likely N-dealkylation sites (tertiary alicyclic amines) is 1. The molecular formula is C22H22N4O2. The van der Waals surface area contributed by atoms with E-state index < -0.39 is 0 Å². The van der Waals surface area contributed by atoms with Crippen LogP contribution in [-0.4, -0.2) is 44.7 Å². The van der Waals surface area contributed by atoms with Crippen LogP contribution in [0.25, 0.3) is 10.9 Å². The third kappa shape index (κ3) is 2.95. The molecule has 6 nitrogen and oxygen atoms in total. The largest absolute Gasteiger partial charge is 0.358 e. The molecule has 4 heterocycles. The Morgan fingerprint density at radius 3 is 2.89 bits per heavy atom. The molecule has 0 bridgehead atoms. The third-order valence-electron chi connectivity index (χ3n) is 5.84. The Kier molecular flexibility index (Phi) is 4.11. The van der Waals surface area contributed by atoms with E-state index in [1.54, 1.807) is 11.1 Å². The van der Waals surface area contributed by atoms with Crippen molar-refractivity contribution >= 4 is 22.7 Å². The van der Waals surface area contributed by atoms with Gasteiger partial charge in [-0.15, -0.1) is 0 Å². The molecular weight excluding hydrogens is 352 g/mol. The minimum Gasteiger partial charge on any atom is -0.358 e. The molecule has 1 saturated heterocycles. The third-order valence-corrected chi connectivity index (χ3v) is 5.84. The first-order valence-corrected chi connectivity index (χ1v) is 9.74. The van der Waals surface area contributed by atoms with E-state index in [4.69, 9.17) is 0 Å². The monoisotopic (exact) mass is 374 g/mol. The normalized spacial score (nSPS) is 19.3.